The third kappa shape index (κ3) is 5.18. The standard InChI is InChI=1S/C9H16NO3P/c1-4-12-14(11,13-5-2)8-9(3)6-7-10/h3-6,8H2,1-2H3. The molecule has 0 aliphatic carbocycles. The Hall–Kier alpha value is -0.620. The number of nitriles is 1. The molecule has 0 aliphatic heterocycles. The van der Waals surface area contributed by atoms with Gasteiger partial charge in [-0.15, -0.1) is 0 Å². The lowest BCUT2D eigenvalue weighted by atomic mass is 10.3. The van der Waals surface area contributed by atoms with Gasteiger partial charge < -0.3 is 9.05 Å². The van der Waals surface area contributed by atoms with Gasteiger partial charge in [0, 0.05) is 0 Å². The fraction of sp³-hybridized carbons (Fsp3) is 0.667. The molecule has 5 heteroatoms. The van der Waals surface area contributed by atoms with Crippen LogP contribution in [0.3, 0.4) is 0 Å². The topological polar surface area (TPSA) is 59.3 Å². The van der Waals surface area contributed by atoms with Gasteiger partial charge in [0.1, 0.15) is 0 Å². The first kappa shape index (κ1) is 13.4. The molecule has 0 aliphatic rings. The van der Waals surface area contributed by atoms with E-state index in [1.165, 1.54) is 0 Å². The highest BCUT2D eigenvalue weighted by molar-refractivity contribution is 7.54. The lowest BCUT2D eigenvalue weighted by Crippen LogP contribution is -2.01. The van der Waals surface area contributed by atoms with Gasteiger partial charge in [-0.1, -0.05) is 12.2 Å². The molecule has 80 valence electrons. The Morgan fingerprint density at radius 3 is 2.29 bits per heavy atom. The highest BCUT2D eigenvalue weighted by atomic mass is 31.2. The summed E-state index contributed by atoms with van der Waals surface area (Å²) in [6, 6.07) is 1.94. The van der Waals surface area contributed by atoms with Gasteiger partial charge in [0.15, 0.2) is 0 Å². The zero-order chi connectivity index (χ0) is 11.0. The molecule has 0 N–H and O–H groups in total. The summed E-state index contributed by atoms with van der Waals surface area (Å²) in [4.78, 5) is 0. The van der Waals surface area contributed by atoms with E-state index in [2.05, 4.69) is 6.58 Å². The van der Waals surface area contributed by atoms with Crippen molar-refractivity contribution >= 4 is 7.60 Å². The number of allylic oxidation sites excluding steroid dienone is 1. The van der Waals surface area contributed by atoms with Crippen LogP contribution in [-0.2, 0) is 13.6 Å². The van der Waals surface area contributed by atoms with Gasteiger partial charge in [0.25, 0.3) is 0 Å². The van der Waals surface area contributed by atoms with Crippen LogP contribution in [0, 0.1) is 11.3 Å². The zero-order valence-corrected chi connectivity index (χ0v) is 9.55. The fourth-order valence-corrected chi connectivity index (χ4v) is 2.67. The van der Waals surface area contributed by atoms with Crippen molar-refractivity contribution in [1.82, 2.24) is 0 Å². The van der Waals surface area contributed by atoms with Crippen molar-refractivity contribution in [2.45, 2.75) is 20.3 Å². The van der Waals surface area contributed by atoms with Crippen molar-refractivity contribution in [3.8, 4) is 6.07 Å². The van der Waals surface area contributed by atoms with Gasteiger partial charge in [-0.05, 0) is 13.8 Å². The van der Waals surface area contributed by atoms with E-state index >= 15 is 0 Å². The van der Waals surface area contributed by atoms with Gasteiger partial charge in [-0.2, -0.15) is 5.26 Å². The Labute approximate surface area is 85.1 Å². The summed E-state index contributed by atoms with van der Waals surface area (Å²) in [6.07, 6.45) is 0.312. The number of rotatable bonds is 7. The summed E-state index contributed by atoms with van der Waals surface area (Å²) in [6.45, 7) is 7.80. The smallest absolute Gasteiger partial charge is 0.309 e. The Balaban J connectivity index is 4.30. The predicted molar refractivity (Wildman–Crippen MR) is 55.1 cm³/mol. The van der Waals surface area contributed by atoms with Gasteiger partial charge in [0.2, 0.25) is 0 Å². The van der Waals surface area contributed by atoms with E-state index in [4.69, 9.17) is 14.3 Å². The van der Waals surface area contributed by atoms with Crippen LogP contribution in [0.15, 0.2) is 12.2 Å². The largest absolute Gasteiger partial charge is 0.334 e. The Bertz CT molecular complexity index is 260. The second kappa shape index (κ2) is 6.78. The van der Waals surface area contributed by atoms with E-state index in [0.717, 1.165) is 0 Å². The minimum Gasteiger partial charge on any atom is -0.309 e. The molecule has 0 unspecified atom stereocenters. The minimum absolute atomic E-state index is 0.127. The first-order valence-electron chi connectivity index (χ1n) is 4.49. The van der Waals surface area contributed by atoms with E-state index in [-0.39, 0.29) is 12.6 Å². The van der Waals surface area contributed by atoms with E-state index in [1.54, 1.807) is 13.8 Å². The molecule has 0 bridgehead atoms. The molecule has 0 fully saturated rings. The van der Waals surface area contributed by atoms with Crippen LogP contribution in [0.5, 0.6) is 0 Å². The molecule has 0 heterocycles. The molecule has 0 saturated carbocycles. The average Bonchev–Trinajstić information content (AvgIpc) is 2.04. The first-order chi connectivity index (χ1) is 6.58. The molecule has 0 aromatic rings. The zero-order valence-electron chi connectivity index (χ0n) is 8.65. The average molecular weight is 217 g/mol. The number of hydrogen-bond donors (Lipinski definition) is 0. The molecule has 0 spiro atoms. The van der Waals surface area contributed by atoms with Crippen LogP contribution in [-0.4, -0.2) is 19.4 Å². The Kier molecular flexibility index (Phi) is 6.48. The molecule has 0 aromatic heterocycles. The van der Waals surface area contributed by atoms with Crippen molar-refractivity contribution in [2.24, 2.45) is 0 Å². The fourth-order valence-electron chi connectivity index (χ4n) is 0.964. The maximum Gasteiger partial charge on any atom is 0.334 e. The monoisotopic (exact) mass is 217 g/mol. The normalized spacial score (nSPS) is 10.9. The molecule has 0 aromatic carbocycles. The van der Waals surface area contributed by atoms with Crippen molar-refractivity contribution in [3.05, 3.63) is 12.2 Å². The maximum absolute atomic E-state index is 11.9. The van der Waals surface area contributed by atoms with Crippen molar-refractivity contribution in [2.75, 3.05) is 19.4 Å². The van der Waals surface area contributed by atoms with Crippen LogP contribution in [0.4, 0.5) is 0 Å². The third-order valence-electron chi connectivity index (χ3n) is 1.40. The molecule has 0 amide bonds. The van der Waals surface area contributed by atoms with Crippen molar-refractivity contribution in [1.29, 1.82) is 5.26 Å². The van der Waals surface area contributed by atoms with Gasteiger partial charge in [-0.3, -0.25) is 4.57 Å². The Morgan fingerprint density at radius 2 is 1.93 bits per heavy atom. The molecule has 4 nitrogen and oxygen atoms in total. The van der Waals surface area contributed by atoms with E-state index in [9.17, 15) is 4.57 Å². The van der Waals surface area contributed by atoms with Crippen LogP contribution < -0.4 is 0 Å². The lowest BCUT2D eigenvalue weighted by molar-refractivity contribution is 0.222. The van der Waals surface area contributed by atoms with Crippen LogP contribution >= 0.6 is 7.60 Å². The van der Waals surface area contributed by atoms with Crippen LogP contribution in [0.1, 0.15) is 20.3 Å². The first-order valence-corrected chi connectivity index (χ1v) is 6.22. The SMILES string of the molecule is C=C(CC#N)CP(=O)(OCC)OCC. The van der Waals surface area contributed by atoms with Crippen molar-refractivity contribution in [3.63, 3.8) is 0 Å². The molecule has 0 radical (unpaired) electrons. The molecular formula is C9H16NO3P. The third-order valence-corrected chi connectivity index (χ3v) is 3.54. The molecule has 0 rings (SSSR count). The summed E-state index contributed by atoms with van der Waals surface area (Å²) < 4.78 is 22.0. The number of hydrogen-bond acceptors (Lipinski definition) is 4. The second-order valence-corrected chi connectivity index (χ2v) is 4.74. The predicted octanol–water partition coefficient (Wildman–Crippen LogP) is 2.72. The lowest BCUT2D eigenvalue weighted by Gasteiger charge is -2.16. The molecule has 14 heavy (non-hydrogen) atoms. The van der Waals surface area contributed by atoms with Gasteiger partial charge in [0.05, 0.1) is 31.9 Å². The van der Waals surface area contributed by atoms with Crippen LogP contribution in [0.2, 0.25) is 0 Å². The van der Waals surface area contributed by atoms with Gasteiger partial charge in [-0.25, -0.2) is 0 Å². The van der Waals surface area contributed by atoms with Crippen LogP contribution in [0.25, 0.3) is 0 Å². The highest BCUT2D eigenvalue weighted by Crippen LogP contribution is 2.49. The minimum atomic E-state index is -3.06. The van der Waals surface area contributed by atoms with E-state index in [0.29, 0.717) is 18.8 Å². The van der Waals surface area contributed by atoms with E-state index in [1.807, 2.05) is 6.07 Å². The second-order valence-electron chi connectivity index (χ2n) is 2.69. The molecule has 0 saturated heterocycles. The molecular weight excluding hydrogens is 201 g/mol. The summed E-state index contributed by atoms with van der Waals surface area (Å²) in [5.74, 6) is 0. The summed E-state index contributed by atoms with van der Waals surface area (Å²) in [5, 5.41) is 8.41. The summed E-state index contributed by atoms with van der Waals surface area (Å²) in [7, 11) is -3.06. The summed E-state index contributed by atoms with van der Waals surface area (Å²) >= 11 is 0. The summed E-state index contributed by atoms with van der Waals surface area (Å²) in [5.41, 5.74) is 0.581. The van der Waals surface area contributed by atoms with Crippen molar-refractivity contribution < 1.29 is 13.6 Å². The van der Waals surface area contributed by atoms with E-state index < -0.39 is 7.60 Å². The molecule has 0 atom stereocenters. The Morgan fingerprint density at radius 1 is 1.43 bits per heavy atom. The quantitative estimate of drug-likeness (QED) is 0.486. The van der Waals surface area contributed by atoms with Gasteiger partial charge >= 0.3 is 7.60 Å². The maximum atomic E-state index is 11.9. The highest BCUT2D eigenvalue weighted by Gasteiger charge is 2.24. The number of nitrogens with zero attached hydrogens (tertiary/aromatic N) is 1.